The minimum atomic E-state index is 0.353. The van der Waals surface area contributed by atoms with Gasteiger partial charge in [0.05, 0.1) is 11.4 Å². The lowest BCUT2D eigenvalue weighted by Gasteiger charge is -2.22. The van der Waals surface area contributed by atoms with Gasteiger partial charge in [-0.05, 0) is 87.0 Å². The fraction of sp³-hybridized carbons (Fsp3) is 0.548. The van der Waals surface area contributed by atoms with Crippen LogP contribution in [0.25, 0.3) is 6.08 Å². The van der Waals surface area contributed by atoms with Crippen LogP contribution in [0.5, 0.6) is 0 Å². The summed E-state index contributed by atoms with van der Waals surface area (Å²) < 4.78 is 0. The summed E-state index contributed by atoms with van der Waals surface area (Å²) in [5, 5.41) is 7.87. The molecule has 4 heteroatoms. The van der Waals surface area contributed by atoms with E-state index in [4.69, 9.17) is 4.99 Å². The molecule has 0 radical (unpaired) electrons. The maximum atomic E-state index is 4.88. The molecule has 2 saturated heterocycles. The van der Waals surface area contributed by atoms with Crippen LogP contribution in [0.4, 0.5) is 0 Å². The highest BCUT2D eigenvalue weighted by Crippen LogP contribution is 2.41. The van der Waals surface area contributed by atoms with Crippen molar-refractivity contribution in [3.8, 4) is 0 Å². The van der Waals surface area contributed by atoms with E-state index in [0.717, 1.165) is 29.9 Å². The van der Waals surface area contributed by atoms with Crippen molar-refractivity contribution in [2.45, 2.75) is 86.2 Å². The Hall–Kier alpha value is -2.46. The van der Waals surface area contributed by atoms with Crippen LogP contribution in [0, 0.1) is 23.7 Å². The van der Waals surface area contributed by atoms with E-state index < -0.39 is 0 Å². The monoisotopic (exact) mass is 472 g/mol. The van der Waals surface area contributed by atoms with Crippen LogP contribution in [-0.4, -0.2) is 22.8 Å². The van der Waals surface area contributed by atoms with E-state index in [9.17, 15) is 0 Å². The number of hydrogen-bond acceptors (Lipinski definition) is 4. The van der Waals surface area contributed by atoms with Gasteiger partial charge in [0.15, 0.2) is 0 Å². The van der Waals surface area contributed by atoms with Gasteiger partial charge in [-0.3, -0.25) is 9.98 Å². The minimum Gasteiger partial charge on any atom is -0.362 e. The molecular formula is C31H44N4. The highest BCUT2D eigenvalue weighted by molar-refractivity contribution is 6.02. The summed E-state index contributed by atoms with van der Waals surface area (Å²) in [6, 6.07) is 6.85. The summed E-state index contributed by atoms with van der Waals surface area (Å²) in [5.74, 6) is 2.28. The Bertz CT molecular complexity index is 1060. The van der Waals surface area contributed by atoms with Gasteiger partial charge >= 0.3 is 0 Å². The average molecular weight is 473 g/mol. The molecule has 35 heavy (non-hydrogen) atoms. The number of aromatic nitrogens is 1. The zero-order valence-corrected chi connectivity index (χ0v) is 22.7. The van der Waals surface area contributed by atoms with Gasteiger partial charge in [-0.15, -0.1) is 0 Å². The molecule has 4 heterocycles. The van der Waals surface area contributed by atoms with Crippen LogP contribution in [-0.2, 0) is 0 Å². The number of allylic oxidation sites excluding steroid dienone is 4. The van der Waals surface area contributed by atoms with Gasteiger partial charge in [-0.1, -0.05) is 46.6 Å². The first-order valence-electron chi connectivity index (χ1n) is 13.7. The van der Waals surface area contributed by atoms with E-state index in [-0.39, 0.29) is 0 Å². The summed E-state index contributed by atoms with van der Waals surface area (Å²) >= 11 is 0. The molecular weight excluding hydrogens is 428 g/mol. The molecule has 2 fully saturated rings. The molecule has 0 aliphatic carbocycles. The maximum absolute atomic E-state index is 4.88. The van der Waals surface area contributed by atoms with Gasteiger partial charge in [0, 0.05) is 47.2 Å². The van der Waals surface area contributed by atoms with Gasteiger partial charge in [0.1, 0.15) is 0 Å². The van der Waals surface area contributed by atoms with E-state index in [1.807, 2.05) is 12.3 Å². The van der Waals surface area contributed by atoms with E-state index in [1.54, 1.807) is 0 Å². The van der Waals surface area contributed by atoms with Crippen molar-refractivity contribution in [2.24, 2.45) is 28.7 Å². The van der Waals surface area contributed by atoms with Crippen molar-refractivity contribution in [1.29, 1.82) is 0 Å². The average Bonchev–Trinajstić information content (AvgIpc) is 3.46. The Morgan fingerprint density at radius 2 is 1.46 bits per heavy atom. The van der Waals surface area contributed by atoms with Gasteiger partial charge in [0.25, 0.3) is 0 Å². The molecule has 4 rings (SSSR count). The van der Waals surface area contributed by atoms with E-state index in [1.165, 1.54) is 35.4 Å². The molecule has 1 aromatic rings. The lowest BCUT2D eigenvalue weighted by atomic mass is 9.81. The summed E-state index contributed by atoms with van der Waals surface area (Å²) in [6.07, 6.45) is 13.7. The highest BCUT2D eigenvalue weighted by Gasteiger charge is 2.41. The standard InChI is InChI=1S/C31H44N4/c1-8-23-24(9-2)30(34-28(23)16-22-14-12-13-15-32-22)18-31-26(11-4)25(10-3)29(35-31)17-27-20(6)19(5)21(7)33-27/h12-18,23-26,29,31,34-35H,8-11H2,1-7H3/b27-17-,28-16-,30-18-. The molecule has 188 valence electrons. The largest absolute Gasteiger partial charge is 0.362 e. The van der Waals surface area contributed by atoms with Crippen molar-refractivity contribution >= 4 is 11.8 Å². The fourth-order valence-corrected chi connectivity index (χ4v) is 6.52. The van der Waals surface area contributed by atoms with Crippen LogP contribution < -0.4 is 10.6 Å². The molecule has 0 amide bonds. The molecule has 1 aromatic heterocycles. The first kappa shape index (κ1) is 25.6. The smallest absolute Gasteiger partial charge is 0.0647 e. The van der Waals surface area contributed by atoms with E-state index >= 15 is 0 Å². The number of rotatable bonds is 7. The molecule has 0 aromatic carbocycles. The van der Waals surface area contributed by atoms with Crippen LogP contribution in [0.1, 0.15) is 79.8 Å². The third-order valence-corrected chi connectivity index (χ3v) is 8.72. The SMILES string of the molecule is CCC1/C(=C/c2ccccn2)N/C(=C\C2NC(/C=C3\N=C(C)C(C)=C3C)C(CC)C2CC)C1CC. The second kappa shape index (κ2) is 11.1. The molecule has 4 nitrogen and oxygen atoms in total. The molecule has 3 aliphatic rings. The predicted molar refractivity (Wildman–Crippen MR) is 149 cm³/mol. The fourth-order valence-electron chi connectivity index (χ4n) is 6.52. The number of hydrogen-bond donors (Lipinski definition) is 2. The van der Waals surface area contributed by atoms with Crippen LogP contribution >= 0.6 is 0 Å². The molecule has 0 saturated carbocycles. The van der Waals surface area contributed by atoms with Crippen molar-refractivity contribution in [1.82, 2.24) is 15.6 Å². The zero-order chi connectivity index (χ0) is 25.1. The molecule has 3 aliphatic heterocycles. The van der Waals surface area contributed by atoms with Crippen LogP contribution in [0.2, 0.25) is 0 Å². The first-order valence-corrected chi connectivity index (χ1v) is 13.7. The number of nitrogens with zero attached hydrogens (tertiary/aromatic N) is 2. The quantitative estimate of drug-likeness (QED) is 0.447. The summed E-state index contributed by atoms with van der Waals surface area (Å²) in [4.78, 5) is 9.42. The number of nitrogens with one attached hydrogen (secondary N) is 2. The molecule has 6 atom stereocenters. The molecule has 2 N–H and O–H groups in total. The summed E-state index contributed by atoms with van der Waals surface area (Å²) in [5.41, 5.74) is 8.70. The van der Waals surface area contributed by atoms with Gasteiger partial charge < -0.3 is 10.6 Å². The first-order chi connectivity index (χ1) is 16.9. The Morgan fingerprint density at radius 3 is 2.00 bits per heavy atom. The summed E-state index contributed by atoms with van der Waals surface area (Å²) in [7, 11) is 0. The topological polar surface area (TPSA) is 49.3 Å². The van der Waals surface area contributed by atoms with Gasteiger partial charge in [0.2, 0.25) is 0 Å². The molecule has 0 bridgehead atoms. The Kier molecular flexibility index (Phi) is 8.11. The van der Waals surface area contributed by atoms with Gasteiger partial charge in [-0.2, -0.15) is 0 Å². The Balaban J connectivity index is 1.63. The lowest BCUT2D eigenvalue weighted by molar-refractivity contribution is 0.350. The third kappa shape index (κ3) is 5.09. The molecule has 6 unspecified atom stereocenters. The number of pyridine rings is 1. The van der Waals surface area contributed by atoms with Crippen molar-refractivity contribution in [3.63, 3.8) is 0 Å². The van der Waals surface area contributed by atoms with Crippen molar-refractivity contribution in [2.75, 3.05) is 0 Å². The predicted octanol–water partition coefficient (Wildman–Crippen LogP) is 7.05. The van der Waals surface area contributed by atoms with Crippen molar-refractivity contribution < 1.29 is 0 Å². The Morgan fingerprint density at radius 1 is 0.800 bits per heavy atom. The van der Waals surface area contributed by atoms with E-state index in [0.29, 0.717) is 35.8 Å². The normalized spacial score (nSPS) is 34.4. The van der Waals surface area contributed by atoms with E-state index in [2.05, 4.69) is 94.4 Å². The van der Waals surface area contributed by atoms with Gasteiger partial charge in [-0.25, -0.2) is 0 Å². The number of aliphatic imine (C=N–C) groups is 1. The second-order valence-corrected chi connectivity index (χ2v) is 10.5. The second-order valence-electron chi connectivity index (χ2n) is 10.5. The summed E-state index contributed by atoms with van der Waals surface area (Å²) in [6.45, 7) is 15.9. The van der Waals surface area contributed by atoms with Crippen molar-refractivity contribution in [3.05, 3.63) is 70.5 Å². The highest BCUT2D eigenvalue weighted by atomic mass is 15.0. The Labute approximate surface area is 212 Å². The minimum absolute atomic E-state index is 0.353. The van der Waals surface area contributed by atoms with Crippen LogP contribution in [0.3, 0.4) is 0 Å². The third-order valence-electron chi connectivity index (χ3n) is 8.72. The van der Waals surface area contributed by atoms with Crippen LogP contribution in [0.15, 0.2) is 69.8 Å². The molecule has 0 spiro atoms. The maximum Gasteiger partial charge on any atom is 0.0647 e. The zero-order valence-electron chi connectivity index (χ0n) is 22.7. The lowest BCUT2D eigenvalue weighted by Crippen LogP contribution is -2.30.